The third-order valence-corrected chi connectivity index (χ3v) is 3.70. The maximum Gasteiger partial charge on any atom is 0.0996 e. The van der Waals surface area contributed by atoms with E-state index in [2.05, 4.69) is 16.9 Å². The first-order chi connectivity index (χ1) is 10.3. The molecule has 0 aliphatic carbocycles. The first-order valence-electron chi connectivity index (χ1n) is 7.30. The van der Waals surface area contributed by atoms with E-state index in [9.17, 15) is 5.11 Å². The lowest BCUT2D eigenvalue weighted by molar-refractivity contribution is 0.169. The highest BCUT2D eigenvalue weighted by atomic mass is 16.3. The van der Waals surface area contributed by atoms with E-state index in [0.717, 1.165) is 35.1 Å². The second kappa shape index (κ2) is 6.06. The van der Waals surface area contributed by atoms with Gasteiger partial charge in [-0.25, -0.2) is 4.98 Å². The first kappa shape index (κ1) is 13.8. The van der Waals surface area contributed by atoms with Crippen LogP contribution in [0, 0.1) is 0 Å². The Labute approximate surface area is 124 Å². The average molecular weight is 281 g/mol. The van der Waals surface area contributed by atoms with Crippen molar-refractivity contribution >= 4 is 10.9 Å². The molecule has 0 bridgehead atoms. The number of hydrogen-bond donors (Lipinski definition) is 1. The molecular weight excluding hydrogens is 262 g/mol. The van der Waals surface area contributed by atoms with E-state index in [0.29, 0.717) is 6.42 Å². The standard InChI is InChI=1S/C17H19N3O/c1-2-9-20-12-18-11-16(20)17(21)10-13-7-8-19-15-6-4-3-5-14(13)15/h3-8,11-12,17,21H,2,9-10H2,1H3. The minimum Gasteiger partial charge on any atom is -0.386 e. The Morgan fingerprint density at radius 1 is 1.24 bits per heavy atom. The van der Waals surface area contributed by atoms with Crippen LogP contribution in [0.15, 0.2) is 49.1 Å². The Balaban J connectivity index is 1.89. The van der Waals surface area contributed by atoms with E-state index >= 15 is 0 Å². The molecule has 1 unspecified atom stereocenters. The summed E-state index contributed by atoms with van der Waals surface area (Å²) in [6, 6.07) is 10.00. The van der Waals surface area contributed by atoms with Crippen LogP contribution in [0.3, 0.4) is 0 Å². The fraction of sp³-hybridized carbons (Fsp3) is 0.294. The third kappa shape index (κ3) is 2.81. The van der Waals surface area contributed by atoms with Gasteiger partial charge in [0.15, 0.2) is 0 Å². The highest BCUT2D eigenvalue weighted by molar-refractivity contribution is 5.81. The predicted octanol–water partition coefficient (Wildman–Crippen LogP) is 3.12. The van der Waals surface area contributed by atoms with Crippen LogP contribution in [0.5, 0.6) is 0 Å². The summed E-state index contributed by atoms with van der Waals surface area (Å²) in [7, 11) is 0. The summed E-state index contributed by atoms with van der Waals surface area (Å²) >= 11 is 0. The molecule has 0 amide bonds. The van der Waals surface area contributed by atoms with Crippen LogP contribution < -0.4 is 0 Å². The van der Waals surface area contributed by atoms with Gasteiger partial charge >= 0.3 is 0 Å². The van der Waals surface area contributed by atoms with Crippen LogP contribution in [0.1, 0.15) is 30.7 Å². The maximum atomic E-state index is 10.5. The van der Waals surface area contributed by atoms with Crippen LogP contribution >= 0.6 is 0 Å². The van der Waals surface area contributed by atoms with E-state index < -0.39 is 6.10 Å². The van der Waals surface area contributed by atoms with Crippen LogP contribution in [0.25, 0.3) is 10.9 Å². The van der Waals surface area contributed by atoms with Crippen molar-refractivity contribution in [2.45, 2.75) is 32.4 Å². The van der Waals surface area contributed by atoms with Gasteiger partial charge in [-0.2, -0.15) is 0 Å². The van der Waals surface area contributed by atoms with Gasteiger partial charge in [0.1, 0.15) is 0 Å². The Bertz CT molecular complexity index is 730. The van der Waals surface area contributed by atoms with Gasteiger partial charge in [0.25, 0.3) is 0 Å². The molecule has 4 nitrogen and oxygen atoms in total. The highest BCUT2D eigenvalue weighted by Gasteiger charge is 2.14. The monoisotopic (exact) mass is 281 g/mol. The molecule has 3 rings (SSSR count). The molecular formula is C17H19N3O. The number of rotatable bonds is 5. The molecule has 2 aromatic heterocycles. The summed E-state index contributed by atoms with van der Waals surface area (Å²) in [5.41, 5.74) is 2.94. The lowest BCUT2D eigenvalue weighted by atomic mass is 10.0. The molecule has 0 aliphatic rings. The average Bonchev–Trinajstić information content (AvgIpc) is 2.96. The van der Waals surface area contributed by atoms with Crippen molar-refractivity contribution in [3.63, 3.8) is 0 Å². The molecule has 108 valence electrons. The zero-order chi connectivity index (χ0) is 14.7. The number of aromatic nitrogens is 3. The van der Waals surface area contributed by atoms with Gasteiger partial charge in [0.05, 0.1) is 29.8 Å². The topological polar surface area (TPSA) is 50.9 Å². The van der Waals surface area contributed by atoms with Gasteiger partial charge in [-0.1, -0.05) is 25.1 Å². The van der Waals surface area contributed by atoms with E-state index in [1.165, 1.54) is 0 Å². The number of imidazole rings is 1. The molecule has 0 saturated carbocycles. The largest absolute Gasteiger partial charge is 0.386 e. The molecule has 1 atom stereocenters. The summed E-state index contributed by atoms with van der Waals surface area (Å²) in [5.74, 6) is 0. The number of pyridine rings is 1. The number of aliphatic hydroxyl groups is 1. The van der Waals surface area contributed by atoms with Gasteiger partial charge < -0.3 is 9.67 Å². The fourth-order valence-corrected chi connectivity index (χ4v) is 2.68. The van der Waals surface area contributed by atoms with Crippen molar-refractivity contribution in [2.24, 2.45) is 0 Å². The molecule has 2 heterocycles. The van der Waals surface area contributed by atoms with Gasteiger partial charge in [0.2, 0.25) is 0 Å². The van der Waals surface area contributed by atoms with Gasteiger partial charge in [-0.3, -0.25) is 4.98 Å². The molecule has 0 fully saturated rings. The molecule has 3 aromatic rings. The summed E-state index contributed by atoms with van der Waals surface area (Å²) in [5, 5.41) is 11.6. The Morgan fingerprint density at radius 3 is 2.95 bits per heavy atom. The summed E-state index contributed by atoms with van der Waals surface area (Å²) in [6.45, 7) is 3.00. The number of fused-ring (bicyclic) bond motifs is 1. The smallest absolute Gasteiger partial charge is 0.0996 e. The van der Waals surface area contributed by atoms with Crippen LogP contribution in [-0.4, -0.2) is 19.6 Å². The van der Waals surface area contributed by atoms with E-state index in [4.69, 9.17) is 0 Å². The van der Waals surface area contributed by atoms with Crippen molar-refractivity contribution in [2.75, 3.05) is 0 Å². The SMILES string of the molecule is CCCn1cncc1C(O)Cc1ccnc2ccccc12. The maximum absolute atomic E-state index is 10.5. The van der Waals surface area contributed by atoms with Gasteiger partial charge in [-0.05, 0) is 24.1 Å². The molecule has 0 saturated heterocycles. The lowest BCUT2D eigenvalue weighted by Crippen LogP contribution is -2.09. The number of nitrogens with zero attached hydrogens (tertiary/aromatic N) is 3. The van der Waals surface area contributed by atoms with Crippen molar-refractivity contribution < 1.29 is 5.11 Å². The number of aliphatic hydroxyl groups excluding tert-OH is 1. The van der Waals surface area contributed by atoms with E-state index in [-0.39, 0.29) is 0 Å². The van der Waals surface area contributed by atoms with Gasteiger partial charge in [0, 0.05) is 24.5 Å². The van der Waals surface area contributed by atoms with Crippen LogP contribution in [0.4, 0.5) is 0 Å². The van der Waals surface area contributed by atoms with E-state index in [1.54, 1.807) is 18.7 Å². The van der Waals surface area contributed by atoms with Crippen molar-refractivity contribution in [1.29, 1.82) is 0 Å². The third-order valence-electron chi connectivity index (χ3n) is 3.70. The lowest BCUT2D eigenvalue weighted by Gasteiger charge is -2.14. The van der Waals surface area contributed by atoms with Crippen molar-refractivity contribution in [3.05, 3.63) is 60.3 Å². The normalized spacial score (nSPS) is 12.7. The first-order valence-corrected chi connectivity index (χ1v) is 7.30. The van der Waals surface area contributed by atoms with Gasteiger partial charge in [-0.15, -0.1) is 0 Å². The van der Waals surface area contributed by atoms with Crippen LogP contribution in [0.2, 0.25) is 0 Å². The Hall–Kier alpha value is -2.20. The Kier molecular flexibility index (Phi) is 3.97. The molecule has 21 heavy (non-hydrogen) atoms. The molecule has 0 aliphatic heterocycles. The molecule has 0 spiro atoms. The zero-order valence-electron chi connectivity index (χ0n) is 12.1. The number of para-hydroxylation sites is 1. The van der Waals surface area contributed by atoms with Crippen molar-refractivity contribution in [1.82, 2.24) is 14.5 Å². The number of hydrogen-bond acceptors (Lipinski definition) is 3. The molecule has 4 heteroatoms. The minimum absolute atomic E-state index is 0.551. The fourth-order valence-electron chi connectivity index (χ4n) is 2.68. The van der Waals surface area contributed by atoms with Crippen molar-refractivity contribution in [3.8, 4) is 0 Å². The summed E-state index contributed by atoms with van der Waals surface area (Å²) in [4.78, 5) is 8.52. The molecule has 0 radical (unpaired) electrons. The number of benzene rings is 1. The Morgan fingerprint density at radius 2 is 2.10 bits per heavy atom. The summed E-state index contributed by atoms with van der Waals surface area (Å²) in [6.07, 6.45) is 6.38. The zero-order valence-corrected chi connectivity index (χ0v) is 12.1. The summed E-state index contributed by atoms with van der Waals surface area (Å²) < 4.78 is 2.02. The number of aryl methyl sites for hydroxylation is 1. The quantitative estimate of drug-likeness (QED) is 0.781. The second-order valence-electron chi connectivity index (χ2n) is 5.22. The molecule has 1 N–H and O–H groups in total. The molecule has 1 aromatic carbocycles. The minimum atomic E-state index is -0.551. The second-order valence-corrected chi connectivity index (χ2v) is 5.22. The van der Waals surface area contributed by atoms with E-state index in [1.807, 2.05) is 34.9 Å². The van der Waals surface area contributed by atoms with Crippen LogP contribution in [-0.2, 0) is 13.0 Å². The highest BCUT2D eigenvalue weighted by Crippen LogP contribution is 2.23. The predicted molar refractivity (Wildman–Crippen MR) is 82.9 cm³/mol.